The van der Waals surface area contributed by atoms with Gasteiger partial charge in [0.2, 0.25) is 0 Å². The molecule has 1 N–H and O–H groups in total. The molecule has 2 aromatic rings. The van der Waals surface area contributed by atoms with Crippen LogP contribution in [-0.4, -0.2) is 92.0 Å². The molecular formula is C28H44N6O3. The van der Waals surface area contributed by atoms with Crippen molar-refractivity contribution in [2.45, 2.75) is 45.6 Å². The molecule has 2 fully saturated rings. The number of amides is 2. The molecule has 4 rings (SSSR count). The van der Waals surface area contributed by atoms with Crippen LogP contribution in [0.3, 0.4) is 0 Å². The molecule has 37 heavy (non-hydrogen) atoms. The average Bonchev–Trinajstić information content (AvgIpc) is 3.58. The number of urea groups is 1. The maximum atomic E-state index is 13.3. The number of methoxy groups -OCH3 is 1. The van der Waals surface area contributed by atoms with Gasteiger partial charge < -0.3 is 24.3 Å². The number of aryl methyl sites for hydroxylation is 2. The van der Waals surface area contributed by atoms with Crippen molar-refractivity contribution in [1.82, 2.24) is 24.7 Å². The molecule has 1 aliphatic heterocycles. The number of rotatable bonds is 12. The number of piperazine rings is 1. The summed E-state index contributed by atoms with van der Waals surface area (Å²) in [5.41, 5.74) is 1.98. The minimum absolute atomic E-state index is 0.0555. The Morgan fingerprint density at radius 3 is 2.62 bits per heavy atom. The van der Waals surface area contributed by atoms with Gasteiger partial charge in [-0.15, -0.1) is 0 Å². The molecule has 1 aromatic carbocycles. The Hall–Kier alpha value is -2.78. The van der Waals surface area contributed by atoms with Crippen LogP contribution in [0, 0.1) is 12.8 Å². The number of carbonyl (C=O) groups is 1. The number of imidazole rings is 1. The highest BCUT2D eigenvalue weighted by molar-refractivity contribution is 5.92. The van der Waals surface area contributed by atoms with Crippen LogP contribution in [0.1, 0.15) is 37.8 Å². The van der Waals surface area contributed by atoms with E-state index in [-0.39, 0.29) is 6.03 Å². The van der Waals surface area contributed by atoms with Crippen molar-refractivity contribution in [2.24, 2.45) is 5.92 Å². The van der Waals surface area contributed by atoms with Gasteiger partial charge >= 0.3 is 6.03 Å². The van der Waals surface area contributed by atoms with Crippen LogP contribution in [0.4, 0.5) is 10.5 Å². The summed E-state index contributed by atoms with van der Waals surface area (Å²) in [6.07, 6.45) is 9.38. The number of likely N-dealkylation sites (N-methyl/N-ethyl adjacent to an activating group) is 1. The van der Waals surface area contributed by atoms with E-state index in [9.17, 15) is 4.79 Å². The maximum Gasteiger partial charge on any atom is 0.321 e. The summed E-state index contributed by atoms with van der Waals surface area (Å²) in [7, 11) is 3.82. The molecule has 2 aliphatic rings. The van der Waals surface area contributed by atoms with Crippen LogP contribution in [0.25, 0.3) is 0 Å². The highest BCUT2D eigenvalue weighted by Crippen LogP contribution is 2.34. The molecule has 0 atom stereocenters. The molecule has 1 aliphatic carbocycles. The third-order valence-electron chi connectivity index (χ3n) is 7.65. The van der Waals surface area contributed by atoms with Gasteiger partial charge in [-0.1, -0.05) is 12.8 Å². The molecule has 1 aromatic heterocycles. The van der Waals surface area contributed by atoms with Gasteiger partial charge in [-0.2, -0.15) is 0 Å². The first-order chi connectivity index (χ1) is 18.0. The van der Waals surface area contributed by atoms with E-state index < -0.39 is 0 Å². The van der Waals surface area contributed by atoms with Crippen LogP contribution in [-0.2, 0) is 6.54 Å². The van der Waals surface area contributed by atoms with E-state index in [1.165, 1.54) is 25.7 Å². The van der Waals surface area contributed by atoms with Crippen LogP contribution in [0.2, 0.25) is 0 Å². The lowest BCUT2D eigenvalue weighted by molar-refractivity contribution is 0.133. The Balaban J connectivity index is 1.35. The summed E-state index contributed by atoms with van der Waals surface area (Å²) >= 11 is 0. The van der Waals surface area contributed by atoms with Gasteiger partial charge in [0.1, 0.15) is 6.61 Å². The van der Waals surface area contributed by atoms with Gasteiger partial charge in [0.05, 0.1) is 13.4 Å². The largest absolute Gasteiger partial charge is 0.493 e. The zero-order valence-corrected chi connectivity index (χ0v) is 22.8. The second kappa shape index (κ2) is 13.7. The second-order valence-electron chi connectivity index (χ2n) is 10.4. The fourth-order valence-electron chi connectivity index (χ4n) is 5.22. The van der Waals surface area contributed by atoms with Gasteiger partial charge in [-0.05, 0) is 51.3 Å². The molecule has 2 amide bonds. The number of hydrogen-bond acceptors (Lipinski definition) is 6. The zero-order valence-electron chi connectivity index (χ0n) is 22.8. The van der Waals surface area contributed by atoms with E-state index in [1.54, 1.807) is 7.11 Å². The molecule has 2 heterocycles. The Labute approximate surface area is 221 Å². The molecule has 1 saturated heterocycles. The Morgan fingerprint density at radius 2 is 1.92 bits per heavy atom. The molecule has 9 nitrogen and oxygen atoms in total. The van der Waals surface area contributed by atoms with E-state index >= 15 is 0 Å². The number of ether oxygens (including phenoxy) is 2. The van der Waals surface area contributed by atoms with Crippen molar-refractivity contribution in [1.29, 1.82) is 0 Å². The van der Waals surface area contributed by atoms with Crippen molar-refractivity contribution < 1.29 is 14.3 Å². The quantitative estimate of drug-likeness (QED) is 0.438. The summed E-state index contributed by atoms with van der Waals surface area (Å²) in [6.45, 7) is 10.1. The SMILES string of the molecule is COc1cc(N(CC2CCCC2)C(=O)NCCCn2cncc2C)ccc1OCCN1CCN(C)CC1. The molecule has 1 saturated carbocycles. The smallest absolute Gasteiger partial charge is 0.321 e. The summed E-state index contributed by atoms with van der Waals surface area (Å²) in [4.78, 5) is 24.2. The molecular weight excluding hydrogens is 468 g/mol. The van der Waals surface area contributed by atoms with Gasteiger partial charge in [0.25, 0.3) is 0 Å². The number of aromatic nitrogens is 2. The van der Waals surface area contributed by atoms with Crippen LogP contribution < -0.4 is 19.7 Å². The topological polar surface area (TPSA) is 75.1 Å². The van der Waals surface area contributed by atoms with Gasteiger partial charge in [-0.3, -0.25) is 9.80 Å². The first kappa shape index (κ1) is 27.3. The summed E-state index contributed by atoms with van der Waals surface area (Å²) in [6, 6.07) is 5.81. The molecule has 0 bridgehead atoms. The van der Waals surface area contributed by atoms with Gasteiger partial charge in [0.15, 0.2) is 11.5 Å². The minimum Gasteiger partial charge on any atom is -0.493 e. The number of nitrogens with one attached hydrogen (secondary N) is 1. The van der Waals surface area contributed by atoms with Crippen LogP contribution in [0.5, 0.6) is 11.5 Å². The molecule has 0 radical (unpaired) electrons. The van der Waals surface area contributed by atoms with Crippen molar-refractivity contribution in [2.75, 3.05) is 71.5 Å². The lowest BCUT2D eigenvalue weighted by atomic mass is 10.1. The maximum absolute atomic E-state index is 13.3. The van der Waals surface area contributed by atoms with Crippen molar-refractivity contribution in [3.05, 3.63) is 36.4 Å². The number of carbonyl (C=O) groups excluding carboxylic acids is 1. The van der Waals surface area contributed by atoms with E-state index in [2.05, 4.69) is 31.7 Å². The fraction of sp³-hybridized carbons (Fsp3) is 0.643. The normalized spacial score (nSPS) is 17.2. The predicted molar refractivity (Wildman–Crippen MR) is 147 cm³/mol. The highest BCUT2D eigenvalue weighted by atomic mass is 16.5. The monoisotopic (exact) mass is 512 g/mol. The lowest BCUT2D eigenvalue weighted by Gasteiger charge is -2.32. The van der Waals surface area contributed by atoms with Crippen molar-refractivity contribution in [3.63, 3.8) is 0 Å². The predicted octanol–water partition coefficient (Wildman–Crippen LogP) is 3.62. The van der Waals surface area contributed by atoms with E-state index in [0.29, 0.717) is 24.8 Å². The molecule has 0 unspecified atom stereocenters. The molecule has 204 valence electrons. The average molecular weight is 513 g/mol. The minimum atomic E-state index is -0.0555. The Kier molecular flexibility index (Phi) is 10.1. The first-order valence-corrected chi connectivity index (χ1v) is 13.8. The summed E-state index contributed by atoms with van der Waals surface area (Å²) in [5.74, 6) is 1.91. The number of anilines is 1. The van der Waals surface area contributed by atoms with Crippen LogP contribution >= 0.6 is 0 Å². The standard InChI is InChI=1S/C28H44N6O3/c1-23-20-29-22-33(23)12-6-11-30-28(35)34(21-24-7-4-5-8-24)25-9-10-26(27(19-25)36-3)37-18-17-32-15-13-31(2)14-16-32/h9-10,19-20,22,24H,4-8,11-18,21H2,1-3H3,(H,30,35). The van der Waals surface area contributed by atoms with Crippen LogP contribution in [0.15, 0.2) is 30.7 Å². The van der Waals surface area contributed by atoms with Crippen molar-refractivity contribution in [3.8, 4) is 11.5 Å². The highest BCUT2D eigenvalue weighted by Gasteiger charge is 2.24. The van der Waals surface area contributed by atoms with E-state index in [4.69, 9.17) is 9.47 Å². The fourth-order valence-corrected chi connectivity index (χ4v) is 5.22. The summed E-state index contributed by atoms with van der Waals surface area (Å²) in [5, 5.41) is 3.14. The van der Waals surface area contributed by atoms with E-state index in [0.717, 1.165) is 69.4 Å². The van der Waals surface area contributed by atoms with Crippen molar-refractivity contribution >= 4 is 11.7 Å². The number of nitrogens with zero attached hydrogens (tertiary/aromatic N) is 5. The number of hydrogen-bond donors (Lipinski definition) is 1. The number of benzene rings is 1. The Morgan fingerprint density at radius 1 is 1.14 bits per heavy atom. The van der Waals surface area contributed by atoms with E-state index in [1.807, 2.05) is 42.5 Å². The third kappa shape index (κ3) is 7.85. The first-order valence-electron chi connectivity index (χ1n) is 13.8. The Bertz CT molecular complexity index is 982. The molecule has 0 spiro atoms. The second-order valence-corrected chi connectivity index (χ2v) is 10.4. The molecule has 9 heteroatoms. The zero-order chi connectivity index (χ0) is 26.0. The third-order valence-corrected chi connectivity index (χ3v) is 7.65. The summed E-state index contributed by atoms with van der Waals surface area (Å²) < 4.78 is 13.9. The van der Waals surface area contributed by atoms with Gasteiger partial charge in [0, 0.05) is 76.0 Å². The van der Waals surface area contributed by atoms with Gasteiger partial charge in [-0.25, -0.2) is 9.78 Å². The lowest BCUT2D eigenvalue weighted by Crippen LogP contribution is -2.45.